The summed E-state index contributed by atoms with van der Waals surface area (Å²) >= 11 is 5.52. The number of halogens is 2. The molecule has 0 spiro atoms. The smallest absolute Gasteiger partial charge is 0.244 e. The summed E-state index contributed by atoms with van der Waals surface area (Å²) in [5.41, 5.74) is 1.20. The number of rotatable bonds is 8. The molecule has 1 atom stereocenters. The van der Waals surface area contributed by atoms with E-state index in [0.717, 1.165) is 24.2 Å². The van der Waals surface area contributed by atoms with Gasteiger partial charge >= 0.3 is 0 Å². The highest BCUT2D eigenvalue weighted by atomic mass is 127. The number of carbonyl (C=O) groups excluding carboxylic acids is 2. The van der Waals surface area contributed by atoms with Crippen LogP contribution in [0.2, 0.25) is 0 Å². The first-order valence-electron chi connectivity index (χ1n) is 9.01. The molecule has 0 aliphatic heterocycles. The molecule has 0 bridgehead atoms. The lowest BCUT2D eigenvalue weighted by molar-refractivity contribution is -0.139. The van der Waals surface area contributed by atoms with Crippen molar-refractivity contribution in [3.63, 3.8) is 0 Å². The van der Waals surface area contributed by atoms with Crippen LogP contribution in [0.4, 0.5) is 5.69 Å². The van der Waals surface area contributed by atoms with E-state index in [0.29, 0.717) is 5.69 Å². The van der Waals surface area contributed by atoms with Crippen LogP contribution in [0.25, 0.3) is 0 Å². The monoisotopic (exact) mass is 607 g/mol. The Morgan fingerprint density at radius 3 is 2.33 bits per heavy atom. The van der Waals surface area contributed by atoms with Crippen molar-refractivity contribution in [3.8, 4) is 0 Å². The maximum absolute atomic E-state index is 13.2. The third-order valence-corrected chi connectivity index (χ3v) is 6.80. The molecule has 10 heteroatoms. The summed E-state index contributed by atoms with van der Waals surface area (Å²) in [4.78, 5) is 26.9. The average molecular weight is 608 g/mol. The highest BCUT2D eigenvalue weighted by Gasteiger charge is 2.29. The van der Waals surface area contributed by atoms with Gasteiger partial charge < -0.3 is 10.2 Å². The van der Waals surface area contributed by atoms with Gasteiger partial charge in [-0.2, -0.15) is 0 Å². The predicted molar refractivity (Wildman–Crippen MR) is 130 cm³/mol. The van der Waals surface area contributed by atoms with Gasteiger partial charge in [0.2, 0.25) is 21.8 Å². The Kier molecular flexibility index (Phi) is 8.68. The van der Waals surface area contributed by atoms with Crippen molar-refractivity contribution in [2.24, 2.45) is 0 Å². The fourth-order valence-electron chi connectivity index (χ4n) is 2.84. The minimum Gasteiger partial charge on any atom is -0.357 e. The summed E-state index contributed by atoms with van der Waals surface area (Å²) in [6.07, 6.45) is 1.05. The lowest BCUT2D eigenvalue weighted by atomic mass is 10.1. The van der Waals surface area contributed by atoms with Crippen molar-refractivity contribution in [2.45, 2.75) is 19.5 Å². The lowest BCUT2D eigenvalue weighted by Crippen LogP contribution is -2.50. The Morgan fingerprint density at radius 2 is 1.80 bits per heavy atom. The van der Waals surface area contributed by atoms with Gasteiger partial charge in [0.15, 0.2) is 0 Å². The lowest BCUT2D eigenvalue weighted by Gasteiger charge is -2.31. The predicted octanol–water partition coefficient (Wildman–Crippen LogP) is 2.98. The quantitative estimate of drug-likeness (QED) is 0.468. The van der Waals surface area contributed by atoms with E-state index < -0.39 is 28.5 Å². The van der Waals surface area contributed by atoms with Gasteiger partial charge in [-0.25, -0.2) is 8.42 Å². The van der Waals surface area contributed by atoms with Crippen LogP contribution in [-0.2, 0) is 26.2 Å². The number of nitrogens with zero attached hydrogens (tertiary/aromatic N) is 2. The maximum atomic E-state index is 13.2. The van der Waals surface area contributed by atoms with E-state index >= 15 is 0 Å². The second kappa shape index (κ2) is 10.6. The van der Waals surface area contributed by atoms with Crippen LogP contribution >= 0.6 is 38.5 Å². The molecule has 0 unspecified atom stereocenters. The molecule has 7 nitrogen and oxygen atoms in total. The number of benzene rings is 2. The van der Waals surface area contributed by atoms with Crippen molar-refractivity contribution in [2.75, 3.05) is 24.2 Å². The van der Waals surface area contributed by atoms with Crippen LogP contribution in [-0.4, -0.2) is 51.0 Å². The molecule has 162 valence electrons. The van der Waals surface area contributed by atoms with E-state index in [1.165, 1.54) is 11.9 Å². The van der Waals surface area contributed by atoms with Gasteiger partial charge in [0.25, 0.3) is 0 Å². The highest BCUT2D eigenvalue weighted by Crippen LogP contribution is 2.21. The normalized spacial score (nSPS) is 12.2. The maximum Gasteiger partial charge on any atom is 0.244 e. The van der Waals surface area contributed by atoms with Crippen molar-refractivity contribution in [3.05, 3.63) is 62.1 Å². The first-order chi connectivity index (χ1) is 14.0. The molecule has 1 N–H and O–H groups in total. The SMILES string of the molecule is CNC(=O)[C@H](C)N(Cc1cccc(Br)c1)C(=O)CN(c1ccc(I)cc1)S(C)(=O)=O. The topological polar surface area (TPSA) is 86.8 Å². The first-order valence-corrected chi connectivity index (χ1v) is 12.7. The first kappa shape index (κ1) is 24.6. The van der Waals surface area contributed by atoms with Gasteiger partial charge in [-0.15, -0.1) is 0 Å². The summed E-state index contributed by atoms with van der Waals surface area (Å²) in [6, 6.07) is 13.4. The Balaban J connectivity index is 2.36. The zero-order chi connectivity index (χ0) is 22.5. The van der Waals surface area contributed by atoms with Gasteiger partial charge in [0.05, 0.1) is 11.9 Å². The minimum atomic E-state index is -3.72. The number of anilines is 1. The van der Waals surface area contributed by atoms with Crippen LogP contribution in [0.3, 0.4) is 0 Å². The number of amides is 2. The summed E-state index contributed by atoms with van der Waals surface area (Å²) < 4.78 is 27.7. The van der Waals surface area contributed by atoms with Gasteiger partial charge in [0.1, 0.15) is 12.6 Å². The molecule has 0 saturated heterocycles. The van der Waals surface area contributed by atoms with E-state index in [2.05, 4.69) is 43.8 Å². The summed E-state index contributed by atoms with van der Waals surface area (Å²) in [5, 5.41) is 2.54. The molecule has 2 amide bonds. The van der Waals surface area contributed by atoms with Crippen molar-refractivity contribution in [1.29, 1.82) is 0 Å². The van der Waals surface area contributed by atoms with Gasteiger partial charge in [0, 0.05) is 21.6 Å². The van der Waals surface area contributed by atoms with Crippen LogP contribution in [0.15, 0.2) is 53.0 Å². The number of sulfonamides is 1. The molecule has 0 saturated carbocycles. The molecule has 0 aliphatic rings. The van der Waals surface area contributed by atoms with Crippen LogP contribution < -0.4 is 9.62 Å². The third kappa shape index (κ3) is 6.67. The highest BCUT2D eigenvalue weighted by molar-refractivity contribution is 14.1. The van der Waals surface area contributed by atoms with E-state index in [9.17, 15) is 18.0 Å². The number of hydrogen-bond acceptors (Lipinski definition) is 4. The number of nitrogens with one attached hydrogen (secondary N) is 1. The van der Waals surface area contributed by atoms with E-state index in [-0.39, 0.29) is 12.5 Å². The van der Waals surface area contributed by atoms with Crippen LogP contribution in [0.1, 0.15) is 12.5 Å². The molecule has 0 fully saturated rings. The van der Waals surface area contributed by atoms with Crippen molar-refractivity contribution >= 4 is 66.0 Å². The zero-order valence-electron chi connectivity index (χ0n) is 16.8. The minimum absolute atomic E-state index is 0.164. The second-order valence-electron chi connectivity index (χ2n) is 6.69. The standard InChI is InChI=1S/C20H23BrIN3O4S/c1-14(20(27)23-2)24(12-15-5-4-6-16(21)11-15)19(26)13-25(30(3,28)29)18-9-7-17(22)8-10-18/h4-11,14H,12-13H2,1-3H3,(H,23,27)/t14-/m0/s1. The summed E-state index contributed by atoms with van der Waals surface area (Å²) in [6.45, 7) is 1.37. The molecule has 0 aromatic heterocycles. The molecule has 30 heavy (non-hydrogen) atoms. The fraction of sp³-hybridized carbons (Fsp3) is 0.300. The Bertz CT molecular complexity index is 1010. The number of hydrogen-bond donors (Lipinski definition) is 1. The Hall–Kier alpha value is -1.66. The van der Waals surface area contributed by atoms with Gasteiger partial charge in [-0.05, 0) is 71.5 Å². The van der Waals surface area contributed by atoms with Gasteiger partial charge in [-0.3, -0.25) is 13.9 Å². The summed E-state index contributed by atoms with van der Waals surface area (Å²) in [5.74, 6) is -0.812. The van der Waals surface area contributed by atoms with E-state index in [1.54, 1.807) is 31.2 Å². The molecule has 2 aromatic rings. The molecule has 0 aliphatic carbocycles. The van der Waals surface area contributed by atoms with E-state index in [4.69, 9.17) is 0 Å². The van der Waals surface area contributed by atoms with Crippen molar-refractivity contribution in [1.82, 2.24) is 10.2 Å². The molecular weight excluding hydrogens is 585 g/mol. The zero-order valence-corrected chi connectivity index (χ0v) is 21.4. The molecule has 2 aromatic carbocycles. The van der Waals surface area contributed by atoms with Gasteiger partial charge in [-0.1, -0.05) is 28.1 Å². The fourth-order valence-corrected chi connectivity index (χ4v) is 4.50. The van der Waals surface area contributed by atoms with E-state index in [1.807, 2.05) is 24.3 Å². The molecule has 0 heterocycles. The molecular formula is C20H23BrIN3O4S. The molecule has 2 rings (SSSR count). The Labute approximate surface area is 199 Å². The number of carbonyl (C=O) groups is 2. The third-order valence-electron chi connectivity index (χ3n) is 4.45. The number of likely N-dealkylation sites (N-methyl/N-ethyl adjacent to an activating group) is 1. The second-order valence-corrected chi connectivity index (χ2v) is 10.8. The largest absolute Gasteiger partial charge is 0.357 e. The van der Waals surface area contributed by atoms with Crippen LogP contribution in [0, 0.1) is 3.57 Å². The summed E-state index contributed by atoms with van der Waals surface area (Å²) in [7, 11) is -2.22. The van der Waals surface area contributed by atoms with Crippen LogP contribution in [0.5, 0.6) is 0 Å². The Morgan fingerprint density at radius 1 is 1.17 bits per heavy atom. The van der Waals surface area contributed by atoms with Crippen molar-refractivity contribution < 1.29 is 18.0 Å². The average Bonchev–Trinajstić information content (AvgIpc) is 2.69. The molecule has 0 radical (unpaired) electrons.